The number of nitrogens with zero attached hydrogens (tertiary/aromatic N) is 4. The van der Waals surface area contributed by atoms with Crippen LogP contribution in [-0.4, -0.2) is 37.4 Å². The molecule has 3 aromatic rings. The van der Waals surface area contributed by atoms with Crippen LogP contribution in [0.2, 0.25) is 0 Å². The summed E-state index contributed by atoms with van der Waals surface area (Å²) in [5, 5.41) is 7.61. The molecule has 12 heteroatoms. The maximum Gasteiger partial charge on any atom is 0.416 e. The largest absolute Gasteiger partial charge is 0.436 e. The molecular weight excluding hydrogens is 451 g/mol. The van der Waals surface area contributed by atoms with Crippen molar-refractivity contribution >= 4 is 23.0 Å². The van der Waals surface area contributed by atoms with Gasteiger partial charge >= 0.3 is 6.09 Å². The van der Waals surface area contributed by atoms with Gasteiger partial charge in [0.05, 0.1) is 24.0 Å². The van der Waals surface area contributed by atoms with Crippen LogP contribution in [0.25, 0.3) is 0 Å². The molecule has 0 saturated heterocycles. The number of hydrogen-bond donors (Lipinski definition) is 2. The summed E-state index contributed by atoms with van der Waals surface area (Å²) in [7, 11) is 1.49. The summed E-state index contributed by atoms with van der Waals surface area (Å²) in [6.07, 6.45) is 3.81. The molecule has 0 radical (unpaired) electrons. The smallest absolute Gasteiger partial charge is 0.416 e. The first-order valence-corrected chi connectivity index (χ1v) is 11.2. The van der Waals surface area contributed by atoms with Gasteiger partial charge < -0.3 is 9.47 Å². The van der Waals surface area contributed by atoms with Crippen molar-refractivity contribution in [3.8, 4) is 17.4 Å². The molecule has 170 valence electrons. The Morgan fingerprint density at radius 3 is 2.88 bits per heavy atom. The molecule has 1 aliphatic heterocycles. The number of amides is 1. The van der Waals surface area contributed by atoms with Crippen LogP contribution in [0.4, 0.5) is 14.9 Å². The molecular formula is C21H19FN6O4S. The molecule has 1 atom stereocenters. The van der Waals surface area contributed by atoms with E-state index in [-0.39, 0.29) is 23.7 Å². The third kappa shape index (κ3) is 3.98. The van der Waals surface area contributed by atoms with Crippen molar-refractivity contribution in [2.75, 3.05) is 11.8 Å². The van der Waals surface area contributed by atoms with E-state index in [0.717, 1.165) is 0 Å². The molecule has 2 aromatic heterocycles. The van der Waals surface area contributed by atoms with Gasteiger partial charge in [-0.1, -0.05) is 12.1 Å². The summed E-state index contributed by atoms with van der Waals surface area (Å²) >= 11 is -1.64. The maximum absolute atomic E-state index is 15.0. The normalized spacial score (nSPS) is 16.7. The number of rotatable bonds is 7. The lowest BCUT2D eigenvalue weighted by Crippen LogP contribution is -2.46. The van der Waals surface area contributed by atoms with Crippen molar-refractivity contribution in [1.29, 1.82) is 0 Å². The molecule has 1 fully saturated rings. The van der Waals surface area contributed by atoms with Gasteiger partial charge in [-0.05, 0) is 32.0 Å². The van der Waals surface area contributed by atoms with E-state index in [1.807, 2.05) is 0 Å². The van der Waals surface area contributed by atoms with Gasteiger partial charge in [-0.2, -0.15) is 5.10 Å². The third-order valence-corrected chi connectivity index (χ3v) is 6.27. The van der Waals surface area contributed by atoms with Crippen LogP contribution in [0.5, 0.6) is 17.4 Å². The zero-order valence-electron chi connectivity index (χ0n) is 17.4. The second-order valence-electron chi connectivity index (χ2n) is 7.52. The fourth-order valence-electron chi connectivity index (χ4n) is 3.77. The van der Waals surface area contributed by atoms with Gasteiger partial charge in [-0.3, -0.25) is 14.6 Å². The molecule has 1 aliphatic carbocycles. The number of aromatic nitrogens is 3. The Morgan fingerprint density at radius 2 is 2.15 bits per heavy atom. The molecule has 1 saturated carbocycles. The Balaban J connectivity index is 1.41. The average molecular weight is 470 g/mol. The number of fused-ring (bicyclic) bond motifs is 2. The Bertz CT molecular complexity index is 1240. The summed E-state index contributed by atoms with van der Waals surface area (Å²) in [5.74, 6) is 0.354. The number of hydrogen-bond acceptors (Lipinski definition) is 7. The van der Waals surface area contributed by atoms with Crippen molar-refractivity contribution in [2.24, 2.45) is 0 Å². The minimum absolute atomic E-state index is 0.0225. The van der Waals surface area contributed by atoms with Gasteiger partial charge in [-0.15, -0.1) is 5.10 Å². The number of carbonyl (C=O) groups is 1. The van der Waals surface area contributed by atoms with Crippen LogP contribution in [0.1, 0.15) is 24.1 Å². The Morgan fingerprint density at radius 1 is 1.30 bits per heavy atom. The minimum atomic E-state index is -1.64. The van der Waals surface area contributed by atoms with Gasteiger partial charge in [-0.25, -0.2) is 18.1 Å². The van der Waals surface area contributed by atoms with Crippen LogP contribution in [-0.2, 0) is 23.3 Å². The average Bonchev–Trinajstić information content (AvgIpc) is 3.60. The zero-order valence-corrected chi connectivity index (χ0v) is 18.3. The highest BCUT2D eigenvalue weighted by Gasteiger charge is 2.58. The van der Waals surface area contributed by atoms with Gasteiger partial charge in [0, 0.05) is 23.9 Å². The fraction of sp³-hybridized carbons (Fsp3) is 0.238. The van der Waals surface area contributed by atoms with E-state index in [4.69, 9.17) is 9.47 Å². The van der Waals surface area contributed by atoms with Gasteiger partial charge in [0.25, 0.3) is 0 Å². The number of halogens is 1. The van der Waals surface area contributed by atoms with Crippen LogP contribution >= 0.6 is 0 Å². The van der Waals surface area contributed by atoms with E-state index in [1.54, 1.807) is 30.3 Å². The summed E-state index contributed by atoms with van der Waals surface area (Å²) < 4.78 is 42.9. The first-order chi connectivity index (χ1) is 16.0. The van der Waals surface area contributed by atoms with E-state index < -0.39 is 28.6 Å². The SMILES string of the molecule is CNS(=O)Nc1cccc(CN2C(=O)Oc3cc(Oc4cccnn4)cnc3C23CC3)c1F. The maximum atomic E-state index is 15.0. The zero-order chi connectivity index (χ0) is 23.0. The standard InChI is InChI=1S/C21H19FN6O4S/c1-23-33(30)27-15-5-2-4-13(18(15)22)12-28-20(29)32-16-10-14(31-17-6-3-9-25-26-17)11-24-19(16)21(28)7-8-21/h2-6,9-11,23,27H,7-8,12H2,1H3. The fourth-order valence-corrected chi connectivity index (χ4v) is 4.23. The number of anilines is 1. The number of benzene rings is 1. The summed E-state index contributed by atoms with van der Waals surface area (Å²) in [4.78, 5) is 18.9. The van der Waals surface area contributed by atoms with Crippen molar-refractivity contribution in [3.05, 3.63) is 65.9 Å². The van der Waals surface area contributed by atoms with Crippen molar-refractivity contribution in [3.63, 3.8) is 0 Å². The number of nitrogens with one attached hydrogen (secondary N) is 2. The second kappa shape index (κ2) is 8.37. The first kappa shape index (κ1) is 21.2. The molecule has 1 aromatic carbocycles. The first-order valence-electron chi connectivity index (χ1n) is 10.1. The number of carbonyl (C=O) groups excluding carboxylic acids is 1. The number of ether oxygens (including phenoxy) is 2. The predicted molar refractivity (Wildman–Crippen MR) is 116 cm³/mol. The van der Waals surface area contributed by atoms with Crippen LogP contribution in [0.15, 0.2) is 48.8 Å². The molecule has 10 nitrogen and oxygen atoms in total. The van der Waals surface area contributed by atoms with E-state index >= 15 is 4.39 Å². The lowest BCUT2D eigenvalue weighted by molar-refractivity contribution is 0.0992. The van der Waals surface area contributed by atoms with Crippen LogP contribution in [0.3, 0.4) is 0 Å². The highest BCUT2D eigenvalue weighted by molar-refractivity contribution is 7.84. The molecule has 2 N–H and O–H groups in total. The van der Waals surface area contributed by atoms with E-state index in [9.17, 15) is 9.00 Å². The molecule has 2 aliphatic rings. The van der Waals surface area contributed by atoms with E-state index in [1.165, 1.54) is 30.4 Å². The molecule has 1 amide bonds. The summed E-state index contributed by atoms with van der Waals surface area (Å²) in [6, 6.07) is 9.60. The van der Waals surface area contributed by atoms with E-state index in [2.05, 4.69) is 24.6 Å². The molecule has 1 unspecified atom stereocenters. The highest BCUT2D eigenvalue weighted by atomic mass is 32.2. The topological polar surface area (TPSA) is 119 Å². The Labute approximate surface area is 190 Å². The number of pyridine rings is 1. The molecule has 3 heterocycles. The summed E-state index contributed by atoms with van der Waals surface area (Å²) in [5.41, 5.74) is 0.265. The van der Waals surface area contributed by atoms with Crippen molar-refractivity contribution in [2.45, 2.75) is 24.9 Å². The molecule has 0 bridgehead atoms. The van der Waals surface area contributed by atoms with Crippen molar-refractivity contribution in [1.82, 2.24) is 24.8 Å². The minimum Gasteiger partial charge on any atom is -0.436 e. The lowest BCUT2D eigenvalue weighted by Gasteiger charge is -2.36. The molecule has 33 heavy (non-hydrogen) atoms. The lowest BCUT2D eigenvalue weighted by atomic mass is 10.0. The predicted octanol–water partition coefficient (Wildman–Crippen LogP) is 3.02. The van der Waals surface area contributed by atoms with Crippen molar-refractivity contribution < 1.29 is 22.9 Å². The Hall–Kier alpha value is -3.64. The molecule has 1 spiro atoms. The quantitative estimate of drug-likeness (QED) is 0.545. The van der Waals surface area contributed by atoms with Gasteiger partial charge in [0.2, 0.25) is 5.88 Å². The van der Waals surface area contributed by atoms with Gasteiger partial charge in [0.1, 0.15) is 5.69 Å². The van der Waals surface area contributed by atoms with Gasteiger partial charge in [0.15, 0.2) is 28.5 Å². The van der Waals surface area contributed by atoms with Crippen LogP contribution in [0, 0.1) is 5.82 Å². The third-order valence-electron chi connectivity index (χ3n) is 5.49. The summed E-state index contributed by atoms with van der Waals surface area (Å²) in [6.45, 7) is -0.0225. The van der Waals surface area contributed by atoms with E-state index in [0.29, 0.717) is 30.0 Å². The van der Waals surface area contributed by atoms with Crippen LogP contribution < -0.4 is 18.9 Å². The Kier molecular flexibility index (Phi) is 5.38. The molecule has 5 rings (SSSR count). The highest BCUT2D eigenvalue weighted by Crippen LogP contribution is 2.56. The monoisotopic (exact) mass is 470 g/mol. The second-order valence-corrected chi connectivity index (χ2v) is 8.67.